The van der Waals surface area contributed by atoms with Crippen molar-refractivity contribution in [1.82, 2.24) is 0 Å². The summed E-state index contributed by atoms with van der Waals surface area (Å²) in [5, 5.41) is 5.76. The summed E-state index contributed by atoms with van der Waals surface area (Å²) in [5.74, 6) is 0.839. The van der Waals surface area contributed by atoms with Crippen molar-refractivity contribution in [3.8, 4) is 17.2 Å². The Hall–Kier alpha value is -4.00. The molecule has 0 aliphatic rings. The van der Waals surface area contributed by atoms with Crippen molar-refractivity contribution >= 4 is 23.2 Å². The van der Waals surface area contributed by atoms with E-state index in [4.69, 9.17) is 14.2 Å². The first-order valence-electron chi connectivity index (χ1n) is 12.3. The zero-order valence-electron chi connectivity index (χ0n) is 21.3. The number of benzene rings is 3. The van der Waals surface area contributed by atoms with Gasteiger partial charge in [0.1, 0.15) is 17.2 Å². The summed E-state index contributed by atoms with van der Waals surface area (Å²) in [6, 6.07) is 20.0. The smallest absolute Gasteiger partial charge is 0.265 e. The maximum absolute atomic E-state index is 13.0. The Labute approximate surface area is 212 Å². The topological polar surface area (TPSA) is 85.9 Å². The Morgan fingerprint density at radius 2 is 1.39 bits per heavy atom. The first-order valence-corrected chi connectivity index (χ1v) is 12.3. The molecule has 0 saturated heterocycles. The van der Waals surface area contributed by atoms with Gasteiger partial charge in [-0.1, -0.05) is 43.7 Å². The van der Waals surface area contributed by atoms with Crippen LogP contribution in [0.4, 0.5) is 11.4 Å². The summed E-state index contributed by atoms with van der Waals surface area (Å²) in [6.45, 7) is 8.27. The van der Waals surface area contributed by atoms with Gasteiger partial charge in [-0.25, -0.2) is 0 Å². The Morgan fingerprint density at radius 3 is 1.94 bits per heavy atom. The number of hydrogen-bond acceptors (Lipinski definition) is 5. The molecule has 0 aliphatic heterocycles. The van der Waals surface area contributed by atoms with Crippen LogP contribution < -0.4 is 24.8 Å². The number of amides is 2. The van der Waals surface area contributed by atoms with Crippen LogP contribution in [0.1, 0.15) is 50.0 Å². The fourth-order valence-electron chi connectivity index (χ4n) is 3.60. The monoisotopic (exact) mass is 490 g/mol. The molecular weight excluding hydrogens is 456 g/mol. The highest BCUT2D eigenvalue weighted by Gasteiger charge is 2.20. The predicted octanol–water partition coefficient (Wildman–Crippen LogP) is 6.09. The van der Waals surface area contributed by atoms with Gasteiger partial charge in [-0.2, -0.15) is 0 Å². The SMILES string of the molecule is CCCc1ccc(OC(C)C(=O)Nc2cc(OCC)c(NC(=O)c3ccccc3)cc2OCC)cc1. The van der Waals surface area contributed by atoms with Crippen molar-refractivity contribution < 1.29 is 23.8 Å². The third-order valence-electron chi connectivity index (χ3n) is 5.37. The highest BCUT2D eigenvalue weighted by molar-refractivity contribution is 6.05. The van der Waals surface area contributed by atoms with E-state index in [0.717, 1.165) is 12.8 Å². The Balaban J connectivity index is 1.78. The van der Waals surface area contributed by atoms with Crippen LogP contribution >= 0.6 is 0 Å². The van der Waals surface area contributed by atoms with Crippen LogP contribution in [0, 0.1) is 0 Å². The van der Waals surface area contributed by atoms with Crippen molar-refractivity contribution in [2.24, 2.45) is 0 Å². The predicted molar refractivity (Wildman–Crippen MR) is 142 cm³/mol. The minimum absolute atomic E-state index is 0.275. The highest BCUT2D eigenvalue weighted by atomic mass is 16.5. The summed E-state index contributed by atoms with van der Waals surface area (Å²) >= 11 is 0. The van der Waals surface area contributed by atoms with Gasteiger partial charge in [-0.3, -0.25) is 9.59 Å². The first kappa shape index (κ1) is 26.6. The molecule has 1 unspecified atom stereocenters. The molecule has 1 atom stereocenters. The van der Waals surface area contributed by atoms with Crippen molar-refractivity contribution in [3.05, 3.63) is 77.9 Å². The third kappa shape index (κ3) is 7.25. The van der Waals surface area contributed by atoms with Gasteiger partial charge >= 0.3 is 0 Å². The molecule has 2 amide bonds. The molecule has 36 heavy (non-hydrogen) atoms. The van der Waals surface area contributed by atoms with Crippen LogP contribution in [0.25, 0.3) is 0 Å². The summed E-state index contributed by atoms with van der Waals surface area (Å²) in [5.41, 5.74) is 2.62. The van der Waals surface area contributed by atoms with Gasteiger partial charge in [-0.05, 0) is 57.0 Å². The molecule has 0 heterocycles. The van der Waals surface area contributed by atoms with E-state index in [1.165, 1.54) is 5.56 Å². The quantitative estimate of drug-likeness (QED) is 0.321. The minimum atomic E-state index is -0.746. The molecule has 7 nitrogen and oxygen atoms in total. The minimum Gasteiger partial charge on any atom is -0.492 e. The molecule has 0 bridgehead atoms. The van der Waals surface area contributed by atoms with E-state index in [9.17, 15) is 9.59 Å². The molecule has 3 aromatic rings. The van der Waals surface area contributed by atoms with E-state index in [1.807, 2.05) is 44.2 Å². The fraction of sp³-hybridized carbons (Fsp3) is 0.310. The molecule has 190 valence electrons. The molecule has 0 radical (unpaired) electrons. The van der Waals surface area contributed by atoms with Gasteiger partial charge in [0.15, 0.2) is 6.10 Å². The van der Waals surface area contributed by atoms with Gasteiger partial charge in [-0.15, -0.1) is 0 Å². The van der Waals surface area contributed by atoms with Crippen molar-refractivity contribution in [2.75, 3.05) is 23.8 Å². The summed E-state index contributed by atoms with van der Waals surface area (Å²) in [4.78, 5) is 25.7. The molecule has 0 fully saturated rings. The van der Waals surface area contributed by atoms with Crippen LogP contribution in [-0.4, -0.2) is 31.1 Å². The van der Waals surface area contributed by atoms with Crippen LogP contribution in [0.15, 0.2) is 66.7 Å². The van der Waals surface area contributed by atoms with Gasteiger partial charge < -0.3 is 24.8 Å². The number of carbonyl (C=O) groups is 2. The molecule has 0 aliphatic carbocycles. The second-order valence-corrected chi connectivity index (χ2v) is 8.17. The van der Waals surface area contributed by atoms with Crippen LogP contribution in [-0.2, 0) is 11.2 Å². The number of hydrogen-bond donors (Lipinski definition) is 2. The Morgan fingerprint density at radius 1 is 0.806 bits per heavy atom. The average Bonchev–Trinajstić information content (AvgIpc) is 2.88. The molecule has 0 spiro atoms. The average molecular weight is 491 g/mol. The van der Waals surface area contributed by atoms with Gasteiger partial charge in [0.25, 0.3) is 11.8 Å². The van der Waals surface area contributed by atoms with E-state index in [0.29, 0.717) is 47.4 Å². The molecule has 0 aromatic heterocycles. The number of nitrogens with one attached hydrogen (secondary N) is 2. The van der Waals surface area contributed by atoms with Crippen molar-refractivity contribution in [1.29, 1.82) is 0 Å². The van der Waals surface area contributed by atoms with E-state index < -0.39 is 6.10 Å². The molecule has 7 heteroatoms. The highest BCUT2D eigenvalue weighted by Crippen LogP contribution is 2.37. The summed E-state index contributed by atoms with van der Waals surface area (Å²) < 4.78 is 17.4. The second kappa shape index (κ2) is 13.2. The Kier molecular flexibility index (Phi) is 9.74. The number of anilines is 2. The molecular formula is C29H34N2O5. The lowest BCUT2D eigenvalue weighted by molar-refractivity contribution is -0.122. The van der Waals surface area contributed by atoms with E-state index in [-0.39, 0.29) is 11.8 Å². The van der Waals surface area contributed by atoms with E-state index in [2.05, 4.69) is 17.6 Å². The van der Waals surface area contributed by atoms with E-state index in [1.54, 1.807) is 43.3 Å². The molecule has 2 N–H and O–H groups in total. The number of rotatable bonds is 12. The van der Waals surface area contributed by atoms with Crippen molar-refractivity contribution in [2.45, 2.75) is 46.6 Å². The van der Waals surface area contributed by atoms with Crippen LogP contribution in [0.2, 0.25) is 0 Å². The maximum atomic E-state index is 13.0. The summed E-state index contributed by atoms with van der Waals surface area (Å²) in [6.07, 6.45) is 1.32. The number of carbonyl (C=O) groups excluding carboxylic acids is 2. The number of ether oxygens (including phenoxy) is 3. The van der Waals surface area contributed by atoms with Gasteiger partial charge in [0.2, 0.25) is 0 Å². The van der Waals surface area contributed by atoms with Gasteiger partial charge in [0.05, 0.1) is 24.6 Å². The Bertz CT molecular complexity index is 1150. The third-order valence-corrected chi connectivity index (χ3v) is 5.37. The normalized spacial score (nSPS) is 11.3. The fourth-order valence-corrected chi connectivity index (χ4v) is 3.60. The molecule has 3 rings (SSSR count). The zero-order chi connectivity index (χ0) is 25.9. The lowest BCUT2D eigenvalue weighted by atomic mass is 10.1. The number of aryl methyl sites for hydroxylation is 1. The van der Waals surface area contributed by atoms with Crippen molar-refractivity contribution in [3.63, 3.8) is 0 Å². The van der Waals surface area contributed by atoms with Crippen LogP contribution in [0.3, 0.4) is 0 Å². The lowest BCUT2D eigenvalue weighted by Crippen LogP contribution is -2.30. The maximum Gasteiger partial charge on any atom is 0.265 e. The molecule has 3 aromatic carbocycles. The zero-order valence-corrected chi connectivity index (χ0v) is 21.3. The van der Waals surface area contributed by atoms with Gasteiger partial charge in [0, 0.05) is 17.7 Å². The first-order chi connectivity index (χ1) is 17.4. The second-order valence-electron chi connectivity index (χ2n) is 8.17. The summed E-state index contributed by atoms with van der Waals surface area (Å²) in [7, 11) is 0. The molecule has 0 saturated carbocycles. The standard InChI is InChI=1S/C29H34N2O5/c1-5-11-21-14-16-23(17-15-21)36-20(4)28(32)30-24-18-27(35-7-3)25(19-26(24)34-6-2)31-29(33)22-12-9-8-10-13-22/h8-10,12-20H,5-7,11H2,1-4H3,(H,30,32)(H,31,33). The largest absolute Gasteiger partial charge is 0.492 e. The van der Waals surface area contributed by atoms with E-state index >= 15 is 0 Å². The lowest BCUT2D eigenvalue weighted by Gasteiger charge is -2.19. The van der Waals surface area contributed by atoms with Crippen LogP contribution in [0.5, 0.6) is 17.2 Å².